The Morgan fingerprint density at radius 1 is 1.11 bits per heavy atom. The number of carbonyl (C=O) groups excluding carboxylic acids is 2. The second-order valence-electron chi connectivity index (χ2n) is 5.54. The monoisotopic (exact) mass is 387 g/mol. The summed E-state index contributed by atoms with van der Waals surface area (Å²) in [6, 6.07) is 6.72. The highest BCUT2D eigenvalue weighted by Gasteiger charge is 2.33. The molecule has 0 atom stereocenters. The average molecular weight is 387 g/mol. The van der Waals surface area contributed by atoms with Gasteiger partial charge in [0.05, 0.1) is 16.0 Å². The lowest BCUT2D eigenvalue weighted by Crippen LogP contribution is -2.27. The SMILES string of the molecule is CCN1C(=O)S/C(=C/c2ccc(-c3cc(C(=O)O)cc(C(=O)O)c3)o2)C1=O. The van der Waals surface area contributed by atoms with Crippen LogP contribution in [0, 0.1) is 0 Å². The van der Waals surface area contributed by atoms with Crippen molar-refractivity contribution in [3.05, 3.63) is 52.1 Å². The van der Waals surface area contributed by atoms with Crippen LogP contribution in [0.25, 0.3) is 17.4 Å². The van der Waals surface area contributed by atoms with Gasteiger partial charge in [0.15, 0.2) is 0 Å². The minimum Gasteiger partial charge on any atom is -0.478 e. The molecule has 1 aliphatic heterocycles. The Morgan fingerprint density at radius 3 is 2.26 bits per heavy atom. The first-order chi connectivity index (χ1) is 12.8. The van der Waals surface area contributed by atoms with Gasteiger partial charge in [0.25, 0.3) is 11.1 Å². The normalized spacial score (nSPS) is 15.6. The van der Waals surface area contributed by atoms with Crippen molar-refractivity contribution >= 4 is 40.9 Å². The number of carboxylic acids is 2. The fraction of sp³-hybridized carbons (Fsp3) is 0.111. The zero-order valence-electron chi connectivity index (χ0n) is 14.0. The van der Waals surface area contributed by atoms with Crippen molar-refractivity contribution in [1.29, 1.82) is 0 Å². The topological polar surface area (TPSA) is 125 Å². The van der Waals surface area contributed by atoms with E-state index in [1.807, 2.05) is 0 Å². The van der Waals surface area contributed by atoms with Gasteiger partial charge in [0, 0.05) is 18.2 Å². The summed E-state index contributed by atoms with van der Waals surface area (Å²) in [6.07, 6.45) is 1.42. The maximum atomic E-state index is 12.1. The van der Waals surface area contributed by atoms with Crippen LogP contribution in [-0.4, -0.2) is 44.7 Å². The van der Waals surface area contributed by atoms with Crippen molar-refractivity contribution in [1.82, 2.24) is 4.90 Å². The lowest BCUT2D eigenvalue weighted by atomic mass is 10.0. The van der Waals surface area contributed by atoms with E-state index in [4.69, 9.17) is 14.6 Å². The van der Waals surface area contributed by atoms with E-state index in [2.05, 4.69) is 0 Å². The highest BCUT2D eigenvalue weighted by atomic mass is 32.2. The molecule has 0 spiro atoms. The van der Waals surface area contributed by atoms with Crippen molar-refractivity contribution in [3.63, 3.8) is 0 Å². The van der Waals surface area contributed by atoms with Gasteiger partial charge in [-0.15, -0.1) is 0 Å². The van der Waals surface area contributed by atoms with E-state index >= 15 is 0 Å². The number of amides is 2. The zero-order valence-corrected chi connectivity index (χ0v) is 14.8. The third-order valence-corrected chi connectivity index (χ3v) is 4.71. The van der Waals surface area contributed by atoms with Crippen LogP contribution in [0.1, 0.15) is 33.4 Å². The molecule has 2 N–H and O–H groups in total. The molecule has 0 saturated carbocycles. The summed E-state index contributed by atoms with van der Waals surface area (Å²) in [5.74, 6) is -2.42. The number of carboxylic acid groups (broad SMARTS) is 2. The summed E-state index contributed by atoms with van der Waals surface area (Å²) >= 11 is 0.802. The minimum absolute atomic E-state index is 0.188. The van der Waals surface area contributed by atoms with Crippen molar-refractivity contribution in [3.8, 4) is 11.3 Å². The van der Waals surface area contributed by atoms with Crippen LogP contribution >= 0.6 is 11.8 Å². The molecule has 2 heterocycles. The Morgan fingerprint density at radius 2 is 1.74 bits per heavy atom. The van der Waals surface area contributed by atoms with Crippen molar-refractivity contribution in [2.45, 2.75) is 6.92 Å². The smallest absolute Gasteiger partial charge is 0.335 e. The van der Waals surface area contributed by atoms with Gasteiger partial charge >= 0.3 is 11.9 Å². The van der Waals surface area contributed by atoms with Crippen LogP contribution < -0.4 is 0 Å². The average Bonchev–Trinajstić information content (AvgIpc) is 3.19. The van der Waals surface area contributed by atoms with Gasteiger partial charge in [-0.3, -0.25) is 14.5 Å². The predicted octanol–water partition coefficient (Wildman–Crippen LogP) is 3.40. The fourth-order valence-electron chi connectivity index (χ4n) is 2.50. The summed E-state index contributed by atoms with van der Waals surface area (Å²) in [7, 11) is 0. The molecule has 1 aliphatic rings. The van der Waals surface area contributed by atoms with Crippen LogP contribution in [0.3, 0.4) is 0 Å². The third kappa shape index (κ3) is 3.63. The molecule has 2 aromatic rings. The molecular weight excluding hydrogens is 374 g/mol. The summed E-state index contributed by atoms with van der Waals surface area (Å²) in [5.41, 5.74) is -0.104. The Balaban J connectivity index is 1.96. The third-order valence-electron chi connectivity index (χ3n) is 3.80. The predicted molar refractivity (Wildman–Crippen MR) is 96.4 cm³/mol. The largest absolute Gasteiger partial charge is 0.478 e. The first-order valence-electron chi connectivity index (χ1n) is 7.77. The quantitative estimate of drug-likeness (QED) is 0.748. The highest BCUT2D eigenvalue weighted by Crippen LogP contribution is 2.33. The Kier molecular flexibility index (Phi) is 4.87. The maximum absolute atomic E-state index is 12.1. The van der Waals surface area contributed by atoms with Gasteiger partial charge < -0.3 is 14.6 Å². The van der Waals surface area contributed by atoms with Crippen molar-refractivity contribution < 1.29 is 33.8 Å². The molecule has 0 aliphatic carbocycles. The molecule has 1 fully saturated rings. The number of furan rings is 1. The van der Waals surface area contributed by atoms with Gasteiger partial charge in [0.2, 0.25) is 0 Å². The fourth-order valence-corrected chi connectivity index (χ4v) is 3.39. The number of rotatable bonds is 5. The number of hydrogen-bond acceptors (Lipinski definition) is 6. The summed E-state index contributed by atoms with van der Waals surface area (Å²) < 4.78 is 5.60. The number of aromatic carboxylic acids is 2. The standard InChI is InChI=1S/C18H13NO7S/c1-2-19-15(20)14(27-18(19)25)8-12-3-4-13(26-12)9-5-10(16(21)22)7-11(6-9)17(23)24/h3-8H,2H2,1H3,(H,21,22)(H,23,24)/b14-8+. The molecule has 138 valence electrons. The van der Waals surface area contributed by atoms with Crippen LogP contribution in [0.15, 0.2) is 39.7 Å². The van der Waals surface area contributed by atoms with E-state index in [1.54, 1.807) is 13.0 Å². The second kappa shape index (κ2) is 7.12. The number of carbonyl (C=O) groups is 4. The van der Waals surface area contributed by atoms with E-state index in [9.17, 15) is 19.2 Å². The van der Waals surface area contributed by atoms with Gasteiger partial charge in [-0.2, -0.15) is 0 Å². The number of hydrogen-bond donors (Lipinski definition) is 2. The van der Waals surface area contributed by atoms with E-state index < -0.39 is 17.8 Å². The van der Waals surface area contributed by atoms with Gasteiger partial charge in [-0.1, -0.05) is 0 Å². The van der Waals surface area contributed by atoms with E-state index in [-0.39, 0.29) is 44.9 Å². The number of benzene rings is 1. The zero-order chi connectivity index (χ0) is 19.7. The summed E-state index contributed by atoms with van der Waals surface area (Å²) in [6.45, 7) is 1.96. The second-order valence-corrected chi connectivity index (χ2v) is 6.53. The van der Waals surface area contributed by atoms with E-state index in [0.717, 1.165) is 22.7 Å². The Hall–Kier alpha value is -3.33. The molecule has 2 amide bonds. The number of imide groups is 1. The van der Waals surface area contributed by atoms with Gasteiger partial charge in [0.1, 0.15) is 11.5 Å². The number of nitrogens with zero attached hydrogens (tertiary/aromatic N) is 1. The molecule has 27 heavy (non-hydrogen) atoms. The van der Waals surface area contributed by atoms with Crippen molar-refractivity contribution in [2.75, 3.05) is 6.54 Å². The van der Waals surface area contributed by atoms with Crippen LogP contribution in [-0.2, 0) is 4.79 Å². The molecule has 3 rings (SSSR count). The van der Waals surface area contributed by atoms with Gasteiger partial charge in [-0.25, -0.2) is 9.59 Å². The van der Waals surface area contributed by atoms with E-state index in [1.165, 1.54) is 24.3 Å². The Labute approximate surface area is 157 Å². The Bertz CT molecular complexity index is 973. The first kappa shape index (κ1) is 18.5. The summed E-state index contributed by atoms with van der Waals surface area (Å²) in [4.78, 5) is 47.6. The number of likely N-dealkylation sites (N-methyl/N-ethyl adjacent to an activating group) is 1. The van der Waals surface area contributed by atoms with Gasteiger partial charge in [-0.05, 0) is 49.0 Å². The molecule has 1 saturated heterocycles. The van der Waals surface area contributed by atoms with Crippen LogP contribution in [0.4, 0.5) is 4.79 Å². The van der Waals surface area contributed by atoms with Crippen molar-refractivity contribution in [2.24, 2.45) is 0 Å². The number of thioether (sulfide) groups is 1. The molecule has 0 radical (unpaired) electrons. The molecule has 1 aromatic carbocycles. The molecule has 9 heteroatoms. The lowest BCUT2D eigenvalue weighted by molar-refractivity contribution is -0.122. The molecule has 1 aromatic heterocycles. The molecule has 0 unspecified atom stereocenters. The van der Waals surface area contributed by atoms with E-state index in [0.29, 0.717) is 0 Å². The van der Waals surface area contributed by atoms with Crippen LogP contribution in [0.2, 0.25) is 0 Å². The van der Waals surface area contributed by atoms with Crippen LogP contribution in [0.5, 0.6) is 0 Å². The molecule has 0 bridgehead atoms. The maximum Gasteiger partial charge on any atom is 0.335 e. The summed E-state index contributed by atoms with van der Waals surface area (Å²) in [5, 5.41) is 17.9. The first-order valence-corrected chi connectivity index (χ1v) is 8.59. The lowest BCUT2D eigenvalue weighted by Gasteiger charge is -2.06. The molecular formula is C18H13NO7S. The molecule has 8 nitrogen and oxygen atoms in total. The highest BCUT2D eigenvalue weighted by molar-refractivity contribution is 8.18. The minimum atomic E-state index is -1.26.